The van der Waals surface area contributed by atoms with Crippen LogP contribution in [0.25, 0.3) is 22.2 Å². The van der Waals surface area contributed by atoms with Crippen LogP contribution in [0.2, 0.25) is 0 Å². The molecule has 0 N–H and O–H groups in total. The highest BCUT2D eigenvalue weighted by Crippen LogP contribution is 2.56. The number of hydrogen-bond acceptors (Lipinski definition) is 2. The standard InChI is InChI=1S/C59H54N2/c1-38-33-51(40(3)44-21-11-7-12-22-44)56(52(34-38)41(4)45-23-13-8-14-24-45)60-37-61(59-50-32-20-30-48-29-19-31-49(55(48)50)58(59)60)57-53(42(5)46-25-15-9-16-26-46)35-39(2)36-54(57)43(6)47-27-17-10-18-28-47/h7-36,40-43H,37H2,1-6H3. The number of anilines is 2. The molecule has 0 radical (unpaired) electrons. The maximum absolute atomic E-state index is 2.72. The van der Waals surface area contributed by atoms with E-state index in [4.69, 9.17) is 0 Å². The molecule has 2 nitrogen and oxygen atoms in total. The zero-order valence-electron chi connectivity index (χ0n) is 36.2. The van der Waals surface area contributed by atoms with Crippen molar-refractivity contribution >= 4 is 33.5 Å². The summed E-state index contributed by atoms with van der Waals surface area (Å²) in [6.07, 6.45) is 0. The molecule has 4 atom stereocenters. The van der Waals surface area contributed by atoms with E-state index in [1.807, 2.05) is 0 Å². The molecule has 1 aliphatic heterocycles. The normalized spacial score (nSPS) is 15.2. The molecule has 1 aliphatic carbocycles. The van der Waals surface area contributed by atoms with Crippen LogP contribution in [0.5, 0.6) is 0 Å². The first-order valence-corrected chi connectivity index (χ1v) is 22.1. The molecule has 2 heteroatoms. The van der Waals surface area contributed by atoms with Crippen LogP contribution in [-0.2, 0) is 0 Å². The summed E-state index contributed by atoms with van der Waals surface area (Å²) >= 11 is 0. The van der Waals surface area contributed by atoms with E-state index in [0.29, 0.717) is 6.67 Å². The van der Waals surface area contributed by atoms with Crippen molar-refractivity contribution in [3.63, 3.8) is 0 Å². The predicted octanol–water partition coefficient (Wildman–Crippen LogP) is 15.2. The molecule has 0 aromatic heterocycles. The summed E-state index contributed by atoms with van der Waals surface area (Å²) in [5.74, 6) is 0.656. The van der Waals surface area contributed by atoms with E-state index in [1.54, 1.807) is 0 Å². The molecule has 1 heterocycles. The first-order valence-electron chi connectivity index (χ1n) is 22.1. The predicted molar refractivity (Wildman–Crippen MR) is 259 cm³/mol. The van der Waals surface area contributed by atoms with Crippen LogP contribution in [0.4, 0.5) is 11.4 Å². The zero-order valence-corrected chi connectivity index (χ0v) is 36.2. The number of fused-ring (bicyclic) bond motifs is 2. The Kier molecular flexibility index (Phi) is 9.96. The van der Waals surface area contributed by atoms with Crippen molar-refractivity contribution in [3.8, 4) is 0 Å². The molecule has 300 valence electrons. The van der Waals surface area contributed by atoms with Crippen molar-refractivity contribution in [2.45, 2.75) is 65.2 Å². The van der Waals surface area contributed by atoms with E-state index < -0.39 is 0 Å². The number of benzene rings is 8. The number of rotatable bonds is 10. The molecule has 61 heavy (non-hydrogen) atoms. The fourth-order valence-electron chi connectivity index (χ4n) is 10.5. The average Bonchev–Trinajstić information content (AvgIpc) is 3.86. The minimum atomic E-state index is 0.164. The van der Waals surface area contributed by atoms with Crippen LogP contribution in [0.15, 0.2) is 182 Å². The van der Waals surface area contributed by atoms with Gasteiger partial charge in [-0.1, -0.05) is 221 Å². The molecule has 0 saturated carbocycles. The monoisotopic (exact) mass is 790 g/mol. The molecule has 0 fully saturated rings. The largest absolute Gasteiger partial charge is 0.320 e. The Morgan fingerprint density at radius 2 is 0.656 bits per heavy atom. The van der Waals surface area contributed by atoms with E-state index in [-0.39, 0.29) is 23.7 Å². The smallest absolute Gasteiger partial charge is 0.100 e. The van der Waals surface area contributed by atoms with Crippen molar-refractivity contribution in [2.75, 3.05) is 16.5 Å². The van der Waals surface area contributed by atoms with Gasteiger partial charge in [0.15, 0.2) is 0 Å². The summed E-state index contributed by atoms with van der Waals surface area (Å²) < 4.78 is 0. The first-order chi connectivity index (χ1) is 29.8. The van der Waals surface area contributed by atoms with Crippen molar-refractivity contribution in [3.05, 3.63) is 249 Å². The molecule has 0 bridgehead atoms. The highest BCUT2D eigenvalue weighted by atomic mass is 15.4. The second-order valence-electron chi connectivity index (χ2n) is 17.5. The zero-order chi connectivity index (χ0) is 41.8. The average molecular weight is 791 g/mol. The summed E-state index contributed by atoms with van der Waals surface area (Å²) in [5.41, 5.74) is 21.2. The van der Waals surface area contributed by atoms with Crippen LogP contribution in [-0.4, -0.2) is 6.67 Å². The summed E-state index contributed by atoms with van der Waals surface area (Å²) in [6, 6.07) is 68.1. The lowest BCUT2D eigenvalue weighted by Crippen LogP contribution is -2.32. The van der Waals surface area contributed by atoms with Gasteiger partial charge in [0.1, 0.15) is 6.67 Å². The van der Waals surface area contributed by atoms with E-state index in [2.05, 4.69) is 233 Å². The second kappa shape index (κ2) is 15.8. The lowest BCUT2D eigenvalue weighted by molar-refractivity contribution is 0.842. The van der Waals surface area contributed by atoms with Gasteiger partial charge in [-0.05, 0) is 63.7 Å². The van der Waals surface area contributed by atoms with Gasteiger partial charge in [0.05, 0.1) is 22.8 Å². The summed E-state index contributed by atoms with van der Waals surface area (Å²) in [6.45, 7) is 14.8. The number of hydrogen-bond donors (Lipinski definition) is 0. The van der Waals surface area contributed by atoms with Crippen LogP contribution < -0.4 is 9.80 Å². The van der Waals surface area contributed by atoms with Gasteiger partial charge in [-0.15, -0.1) is 0 Å². The lowest BCUT2D eigenvalue weighted by Gasteiger charge is -2.35. The molecular weight excluding hydrogens is 737 g/mol. The number of aryl methyl sites for hydroxylation is 2. The van der Waals surface area contributed by atoms with E-state index in [1.165, 1.54) is 100 Å². The topological polar surface area (TPSA) is 6.48 Å². The van der Waals surface area contributed by atoms with E-state index >= 15 is 0 Å². The Labute approximate surface area is 362 Å². The fraction of sp³-hybridized carbons (Fsp3) is 0.186. The van der Waals surface area contributed by atoms with Gasteiger partial charge in [-0.3, -0.25) is 0 Å². The molecule has 8 aromatic carbocycles. The van der Waals surface area contributed by atoms with E-state index in [9.17, 15) is 0 Å². The van der Waals surface area contributed by atoms with Crippen molar-refractivity contribution in [2.24, 2.45) is 0 Å². The van der Waals surface area contributed by atoms with Crippen molar-refractivity contribution < 1.29 is 0 Å². The Hall–Kier alpha value is -6.64. The second-order valence-corrected chi connectivity index (χ2v) is 17.5. The Morgan fingerprint density at radius 3 is 0.951 bits per heavy atom. The Bertz CT molecular complexity index is 2580. The maximum atomic E-state index is 2.72. The van der Waals surface area contributed by atoms with Crippen LogP contribution in [0.3, 0.4) is 0 Å². The molecule has 10 rings (SSSR count). The minimum absolute atomic E-state index is 0.164. The fourth-order valence-corrected chi connectivity index (χ4v) is 10.5. The molecule has 0 spiro atoms. The molecule has 8 aromatic rings. The molecule has 0 saturated heterocycles. The first kappa shape index (κ1) is 38.6. The van der Waals surface area contributed by atoms with Gasteiger partial charge in [0, 0.05) is 40.2 Å². The van der Waals surface area contributed by atoms with Gasteiger partial charge in [-0.25, -0.2) is 0 Å². The quantitative estimate of drug-likeness (QED) is 0.136. The van der Waals surface area contributed by atoms with Crippen LogP contribution >= 0.6 is 0 Å². The minimum Gasteiger partial charge on any atom is -0.320 e. The molecule has 2 aliphatic rings. The number of nitrogens with zero attached hydrogens (tertiary/aromatic N) is 2. The highest BCUT2D eigenvalue weighted by molar-refractivity contribution is 6.21. The lowest BCUT2D eigenvalue weighted by atomic mass is 9.83. The van der Waals surface area contributed by atoms with Gasteiger partial charge >= 0.3 is 0 Å². The maximum Gasteiger partial charge on any atom is 0.100 e. The third-order valence-electron chi connectivity index (χ3n) is 13.7. The summed E-state index contributed by atoms with van der Waals surface area (Å²) in [7, 11) is 0. The van der Waals surface area contributed by atoms with Crippen molar-refractivity contribution in [1.29, 1.82) is 0 Å². The van der Waals surface area contributed by atoms with Crippen LogP contribution in [0, 0.1) is 13.8 Å². The van der Waals surface area contributed by atoms with Crippen LogP contribution in [0.1, 0.15) is 118 Å². The van der Waals surface area contributed by atoms with Crippen molar-refractivity contribution in [1.82, 2.24) is 0 Å². The van der Waals surface area contributed by atoms with Gasteiger partial charge in [0.2, 0.25) is 0 Å². The molecule has 0 amide bonds. The highest BCUT2D eigenvalue weighted by Gasteiger charge is 2.43. The van der Waals surface area contributed by atoms with E-state index in [0.717, 1.165) is 0 Å². The Morgan fingerprint density at radius 1 is 0.361 bits per heavy atom. The third kappa shape index (κ3) is 6.66. The van der Waals surface area contributed by atoms with Gasteiger partial charge < -0.3 is 9.80 Å². The molecular formula is C59H54N2. The summed E-state index contributed by atoms with van der Waals surface area (Å²) in [4.78, 5) is 5.45. The van der Waals surface area contributed by atoms with Gasteiger partial charge in [-0.2, -0.15) is 0 Å². The third-order valence-corrected chi connectivity index (χ3v) is 13.7. The molecule has 4 unspecified atom stereocenters. The Balaban J connectivity index is 1.28. The SMILES string of the molecule is Cc1cc(C(C)c2ccccc2)c(N2CN(c3c(C(C)c4ccccc4)cc(C)cc3C(C)c3ccccc3)C3=C2c2cccc4cccc3c24)c(C(C)c2ccccc2)c1. The summed E-state index contributed by atoms with van der Waals surface area (Å²) in [5, 5.41) is 2.62. The van der Waals surface area contributed by atoms with Gasteiger partial charge in [0.25, 0.3) is 0 Å².